The molecule has 0 spiro atoms. The van der Waals surface area contributed by atoms with Crippen LogP contribution in [0.15, 0.2) is 30.6 Å². The van der Waals surface area contributed by atoms with Gasteiger partial charge in [0.1, 0.15) is 0 Å². The van der Waals surface area contributed by atoms with Crippen molar-refractivity contribution in [2.75, 3.05) is 0 Å². The third-order valence-corrected chi connectivity index (χ3v) is 3.04. The van der Waals surface area contributed by atoms with Crippen LogP contribution in [-0.4, -0.2) is 15.3 Å². The number of carbonyl (C=O) groups excluding carboxylic acids is 1. The van der Waals surface area contributed by atoms with Crippen LogP contribution in [0.1, 0.15) is 35.1 Å². The summed E-state index contributed by atoms with van der Waals surface area (Å²) in [6.45, 7) is 5.90. The molecule has 0 amide bonds. The van der Waals surface area contributed by atoms with E-state index in [0.717, 1.165) is 22.6 Å². The van der Waals surface area contributed by atoms with Gasteiger partial charge in [-0.2, -0.15) is 0 Å². The standard InChI is InChI=1S/C14H16N2O/c1-4-14(17)12-5-7-13(8-6-12)16-9-15-10(2)11(16)3/h5-9H,4H2,1-3H3. The molecule has 0 aliphatic carbocycles. The lowest BCUT2D eigenvalue weighted by atomic mass is 10.1. The quantitative estimate of drug-likeness (QED) is 0.757. The number of benzene rings is 1. The number of rotatable bonds is 3. The topological polar surface area (TPSA) is 34.9 Å². The number of carbonyl (C=O) groups is 1. The van der Waals surface area contributed by atoms with Gasteiger partial charge in [0.05, 0.1) is 12.0 Å². The SMILES string of the molecule is CCC(=O)c1ccc(-n2cnc(C)c2C)cc1. The molecule has 2 aromatic rings. The Hall–Kier alpha value is -1.90. The zero-order valence-corrected chi connectivity index (χ0v) is 10.4. The molecule has 0 saturated heterocycles. The van der Waals surface area contributed by atoms with Gasteiger partial charge in [0, 0.05) is 23.4 Å². The second kappa shape index (κ2) is 4.53. The Kier molecular flexibility index (Phi) is 3.09. The molecule has 0 aliphatic heterocycles. The predicted octanol–water partition coefficient (Wildman–Crippen LogP) is 3.08. The molecule has 0 fully saturated rings. The van der Waals surface area contributed by atoms with Gasteiger partial charge in [-0.05, 0) is 38.1 Å². The maximum atomic E-state index is 11.5. The van der Waals surface area contributed by atoms with Crippen molar-refractivity contribution in [1.29, 1.82) is 0 Å². The lowest BCUT2D eigenvalue weighted by Crippen LogP contribution is -1.99. The first-order valence-corrected chi connectivity index (χ1v) is 5.77. The minimum Gasteiger partial charge on any atom is -0.303 e. The zero-order chi connectivity index (χ0) is 12.4. The van der Waals surface area contributed by atoms with Gasteiger partial charge in [-0.3, -0.25) is 4.79 Å². The Morgan fingerprint density at radius 3 is 2.35 bits per heavy atom. The molecule has 3 nitrogen and oxygen atoms in total. The molecule has 1 aromatic carbocycles. The fourth-order valence-corrected chi connectivity index (χ4v) is 1.77. The molecule has 2 rings (SSSR count). The van der Waals surface area contributed by atoms with E-state index in [1.54, 1.807) is 6.33 Å². The van der Waals surface area contributed by atoms with Crippen LogP contribution in [0.25, 0.3) is 5.69 Å². The lowest BCUT2D eigenvalue weighted by molar-refractivity contribution is 0.0988. The van der Waals surface area contributed by atoms with Crippen molar-refractivity contribution in [2.24, 2.45) is 0 Å². The first-order valence-electron chi connectivity index (χ1n) is 5.77. The molecule has 0 aliphatic rings. The van der Waals surface area contributed by atoms with Crippen molar-refractivity contribution in [3.05, 3.63) is 47.5 Å². The molecule has 0 bridgehead atoms. The Bertz CT molecular complexity index is 538. The largest absolute Gasteiger partial charge is 0.303 e. The zero-order valence-electron chi connectivity index (χ0n) is 10.4. The maximum Gasteiger partial charge on any atom is 0.162 e. The van der Waals surface area contributed by atoms with E-state index in [2.05, 4.69) is 4.98 Å². The van der Waals surface area contributed by atoms with Gasteiger partial charge in [-0.25, -0.2) is 4.98 Å². The molecule has 88 valence electrons. The summed E-state index contributed by atoms with van der Waals surface area (Å²) in [5.74, 6) is 0.176. The average molecular weight is 228 g/mol. The highest BCUT2D eigenvalue weighted by atomic mass is 16.1. The van der Waals surface area contributed by atoms with Gasteiger partial charge in [0.25, 0.3) is 0 Å². The van der Waals surface area contributed by atoms with E-state index in [0.29, 0.717) is 6.42 Å². The molecule has 0 atom stereocenters. The first kappa shape index (κ1) is 11.6. The van der Waals surface area contributed by atoms with E-state index in [9.17, 15) is 4.79 Å². The molecular formula is C14H16N2O. The molecule has 0 radical (unpaired) electrons. The average Bonchev–Trinajstić information content (AvgIpc) is 2.69. The predicted molar refractivity (Wildman–Crippen MR) is 67.7 cm³/mol. The van der Waals surface area contributed by atoms with Crippen LogP contribution in [0.2, 0.25) is 0 Å². The molecule has 0 saturated carbocycles. The summed E-state index contributed by atoms with van der Waals surface area (Å²) in [6.07, 6.45) is 2.35. The Balaban J connectivity index is 2.36. The summed E-state index contributed by atoms with van der Waals surface area (Å²) in [5, 5.41) is 0. The molecule has 1 heterocycles. The number of hydrogen-bond donors (Lipinski definition) is 0. The van der Waals surface area contributed by atoms with Crippen LogP contribution < -0.4 is 0 Å². The van der Waals surface area contributed by atoms with E-state index in [4.69, 9.17) is 0 Å². The molecule has 1 aromatic heterocycles. The van der Waals surface area contributed by atoms with Crippen molar-refractivity contribution in [3.63, 3.8) is 0 Å². The van der Waals surface area contributed by atoms with Crippen molar-refractivity contribution in [1.82, 2.24) is 9.55 Å². The van der Waals surface area contributed by atoms with E-state index in [-0.39, 0.29) is 5.78 Å². The van der Waals surface area contributed by atoms with E-state index in [1.165, 1.54) is 0 Å². The number of hydrogen-bond acceptors (Lipinski definition) is 2. The monoisotopic (exact) mass is 228 g/mol. The van der Waals surface area contributed by atoms with Crippen LogP contribution >= 0.6 is 0 Å². The first-order chi connectivity index (χ1) is 8.13. The summed E-state index contributed by atoms with van der Waals surface area (Å²) < 4.78 is 2.02. The van der Waals surface area contributed by atoms with E-state index >= 15 is 0 Å². The summed E-state index contributed by atoms with van der Waals surface area (Å²) in [7, 11) is 0. The van der Waals surface area contributed by atoms with Gasteiger partial charge < -0.3 is 4.57 Å². The maximum absolute atomic E-state index is 11.5. The van der Waals surface area contributed by atoms with Gasteiger partial charge in [0.2, 0.25) is 0 Å². The fraction of sp³-hybridized carbons (Fsp3) is 0.286. The van der Waals surface area contributed by atoms with Crippen molar-refractivity contribution in [3.8, 4) is 5.69 Å². The number of aromatic nitrogens is 2. The van der Waals surface area contributed by atoms with E-state index in [1.807, 2.05) is 49.6 Å². The number of nitrogens with zero attached hydrogens (tertiary/aromatic N) is 2. The van der Waals surface area contributed by atoms with Crippen LogP contribution in [0, 0.1) is 13.8 Å². The van der Waals surface area contributed by atoms with Crippen molar-refractivity contribution < 1.29 is 4.79 Å². The van der Waals surface area contributed by atoms with E-state index < -0.39 is 0 Å². The van der Waals surface area contributed by atoms with Crippen molar-refractivity contribution >= 4 is 5.78 Å². The smallest absolute Gasteiger partial charge is 0.162 e. The van der Waals surface area contributed by atoms with Crippen LogP contribution in [0.4, 0.5) is 0 Å². The molecule has 17 heavy (non-hydrogen) atoms. The minimum atomic E-state index is 0.176. The minimum absolute atomic E-state index is 0.176. The third-order valence-electron chi connectivity index (χ3n) is 3.04. The van der Waals surface area contributed by atoms with Crippen LogP contribution in [-0.2, 0) is 0 Å². The van der Waals surface area contributed by atoms with Crippen molar-refractivity contribution in [2.45, 2.75) is 27.2 Å². The number of ketones is 1. The number of aryl methyl sites for hydroxylation is 1. The number of Topliss-reactive ketones (excluding diaryl/α,β-unsaturated/α-hetero) is 1. The van der Waals surface area contributed by atoms with Gasteiger partial charge >= 0.3 is 0 Å². The fourth-order valence-electron chi connectivity index (χ4n) is 1.77. The summed E-state index contributed by atoms with van der Waals surface area (Å²) in [4.78, 5) is 15.8. The highest BCUT2D eigenvalue weighted by molar-refractivity contribution is 5.95. The highest BCUT2D eigenvalue weighted by Gasteiger charge is 2.06. The molecule has 0 unspecified atom stereocenters. The second-order valence-corrected chi connectivity index (χ2v) is 4.11. The normalized spacial score (nSPS) is 10.5. The molecular weight excluding hydrogens is 212 g/mol. The summed E-state index contributed by atoms with van der Waals surface area (Å²) in [5.41, 5.74) is 3.96. The van der Waals surface area contributed by atoms with Crippen LogP contribution in [0.3, 0.4) is 0 Å². The van der Waals surface area contributed by atoms with Gasteiger partial charge in [0.15, 0.2) is 5.78 Å². The summed E-state index contributed by atoms with van der Waals surface area (Å²) in [6, 6.07) is 7.65. The van der Waals surface area contributed by atoms with Crippen LogP contribution in [0.5, 0.6) is 0 Å². The Morgan fingerprint density at radius 1 is 1.24 bits per heavy atom. The second-order valence-electron chi connectivity index (χ2n) is 4.11. The Labute approximate surface area is 101 Å². The highest BCUT2D eigenvalue weighted by Crippen LogP contribution is 2.15. The molecule has 0 N–H and O–H groups in total. The van der Waals surface area contributed by atoms with Gasteiger partial charge in [-0.15, -0.1) is 0 Å². The lowest BCUT2D eigenvalue weighted by Gasteiger charge is -2.06. The number of imidazole rings is 1. The van der Waals surface area contributed by atoms with Gasteiger partial charge in [-0.1, -0.05) is 6.92 Å². The molecule has 3 heteroatoms. The third kappa shape index (κ3) is 2.13. The Morgan fingerprint density at radius 2 is 1.88 bits per heavy atom. The summed E-state index contributed by atoms with van der Waals surface area (Å²) >= 11 is 0.